The summed E-state index contributed by atoms with van der Waals surface area (Å²) in [5, 5.41) is 7.84. The van der Waals surface area contributed by atoms with Gasteiger partial charge in [0.2, 0.25) is 0 Å². The number of hydrogen-bond acceptors (Lipinski definition) is 2. The van der Waals surface area contributed by atoms with Crippen LogP contribution < -0.4 is 5.73 Å². The molecule has 3 N–H and O–H groups in total. The van der Waals surface area contributed by atoms with Crippen molar-refractivity contribution in [3.05, 3.63) is 77.2 Å². The molecule has 0 aliphatic rings. The normalized spacial score (nSPS) is 10.8. The van der Waals surface area contributed by atoms with Crippen molar-refractivity contribution in [2.75, 3.05) is 0 Å². The van der Waals surface area contributed by atoms with E-state index in [9.17, 15) is 4.39 Å². The predicted octanol–water partition coefficient (Wildman–Crippen LogP) is 5.49. The number of benzene rings is 2. The number of rotatable bonds is 6. The maximum Gasteiger partial charge on any atom is 0.126 e. The number of nitrogens with zero attached hydrogens (tertiary/aromatic N) is 1. The van der Waals surface area contributed by atoms with Crippen molar-refractivity contribution < 1.29 is 4.39 Å². The van der Waals surface area contributed by atoms with Crippen LogP contribution in [-0.2, 0) is 6.42 Å². The van der Waals surface area contributed by atoms with E-state index < -0.39 is 0 Å². The number of pyridine rings is 1. The Hall–Kier alpha value is -3.01. The number of nitrogen functional groups attached to an aromatic ring is 1. The van der Waals surface area contributed by atoms with Gasteiger partial charge in [-0.1, -0.05) is 37.6 Å². The van der Waals surface area contributed by atoms with Crippen molar-refractivity contribution in [2.45, 2.75) is 33.1 Å². The fraction of sp³-hybridized carbons (Fsp3) is 0.217. The van der Waals surface area contributed by atoms with Crippen LogP contribution >= 0.6 is 0 Å². The lowest BCUT2D eigenvalue weighted by Gasteiger charge is -2.14. The van der Waals surface area contributed by atoms with Crippen molar-refractivity contribution in [3.63, 3.8) is 0 Å². The molecular formula is C23H24FN3. The number of hydrogen-bond donors (Lipinski definition) is 2. The monoisotopic (exact) mass is 361 g/mol. The Kier molecular flexibility index (Phi) is 5.65. The molecule has 0 fully saturated rings. The van der Waals surface area contributed by atoms with Gasteiger partial charge in [-0.25, -0.2) is 4.39 Å². The fourth-order valence-corrected chi connectivity index (χ4v) is 3.26. The van der Waals surface area contributed by atoms with Crippen LogP contribution in [0, 0.1) is 18.2 Å². The lowest BCUT2D eigenvalue weighted by atomic mass is 9.93. The maximum atomic E-state index is 13.7. The number of halogens is 1. The molecule has 0 radical (unpaired) electrons. The Bertz CT molecular complexity index is 979. The molecule has 3 nitrogen and oxygen atoms in total. The van der Waals surface area contributed by atoms with E-state index in [2.05, 4.69) is 18.0 Å². The molecular weight excluding hydrogens is 337 g/mol. The van der Waals surface area contributed by atoms with Crippen molar-refractivity contribution >= 4 is 5.84 Å². The zero-order valence-corrected chi connectivity index (χ0v) is 15.7. The van der Waals surface area contributed by atoms with Gasteiger partial charge < -0.3 is 5.73 Å². The highest BCUT2D eigenvalue weighted by molar-refractivity contribution is 5.97. The maximum absolute atomic E-state index is 13.7. The molecule has 4 heteroatoms. The number of unbranched alkanes of at least 4 members (excludes halogenated alkanes) is 1. The molecule has 0 saturated heterocycles. The van der Waals surface area contributed by atoms with Gasteiger partial charge in [-0.2, -0.15) is 0 Å². The van der Waals surface area contributed by atoms with E-state index in [1.807, 2.05) is 30.3 Å². The molecule has 0 unspecified atom stereocenters. The van der Waals surface area contributed by atoms with Crippen LogP contribution in [-0.4, -0.2) is 10.8 Å². The van der Waals surface area contributed by atoms with Gasteiger partial charge in [0.15, 0.2) is 0 Å². The first-order valence-electron chi connectivity index (χ1n) is 9.20. The summed E-state index contributed by atoms with van der Waals surface area (Å²) in [5.74, 6) is -0.128. The molecule has 1 aromatic heterocycles. The van der Waals surface area contributed by atoms with Crippen LogP contribution in [0.2, 0.25) is 0 Å². The highest BCUT2D eigenvalue weighted by atomic mass is 19.1. The standard InChI is InChI=1S/C23H24FN3/c1-3-4-6-16-14-17(8-10-20(16)23(25)26)19-7-5-12-27-22(19)18-9-11-21(24)15(2)13-18/h5,7-14H,3-4,6H2,1-2H3,(H3,25,26). The lowest BCUT2D eigenvalue weighted by Crippen LogP contribution is -2.14. The van der Waals surface area contributed by atoms with Gasteiger partial charge in [0, 0.05) is 22.9 Å². The average Bonchev–Trinajstić information content (AvgIpc) is 2.68. The van der Waals surface area contributed by atoms with Crippen molar-refractivity contribution in [1.82, 2.24) is 4.98 Å². The second-order valence-corrected chi connectivity index (χ2v) is 6.75. The molecule has 1 heterocycles. The Morgan fingerprint density at radius 2 is 1.89 bits per heavy atom. The zero-order chi connectivity index (χ0) is 19.4. The van der Waals surface area contributed by atoms with Crippen molar-refractivity contribution in [3.8, 4) is 22.4 Å². The zero-order valence-electron chi connectivity index (χ0n) is 15.7. The minimum Gasteiger partial charge on any atom is -0.384 e. The number of aromatic nitrogens is 1. The molecule has 3 rings (SSSR count). The Morgan fingerprint density at radius 1 is 1.11 bits per heavy atom. The van der Waals surface area contributed by atoms with Gasteiger partial charge in [0.05, 0.1) is 5.69 Å². The van der Waals surface area contributed by atoms with E-state index in [1.54, 1.807) is 19.2 Å². The molecule has 27 heavy (non-hydrogen) atoms. The first-order chi connectivity index (χ1) is 13.0. The number of nitrogens with one attached hydrogen (secondary N) is 1. The van der Waals surface area contributed by atoms with Crippen LogP contribution in [0.15, 0.2) is 54.7 Å². The first kappa shape index (κ1) is 18.8. The first-order valence-corrected chi connectivity index (χ1v) is 9.20. The smallest absolute Gasteiger partial charge is 0.126 e. The highest BCUT2D eigenvalue weighted by Crippen LogP contribution is 2.32. The van der Waals surface area contributed by atoms with E-state index in [4.69, 9.17) is 11.1 Å². The van der Waals surface area contributed by atoms with E-state index >= 15 is 0 Å². The molecule has 2 aromatic carbocycles. The third-order valence-corrected chi connectivity index (χ3v) is 4.75. The molecule has 0 amide bonds. The van der Waals surface area contributed by atoms with Crippen LogP contribution in [0.1, 0.15) is 36.5 Å². The topological polar surface area (TPSA) is 62.8 Å². The summed E-state index contributed by atoms with van der Waals surface area (Å²) in [6.45, 7) is 3.90. The van der Waals surface area contributed by atoms with Gasteiger partial charge in [0.25, 0.3) is 0 Å². The fourth-order valence-electron chi connectivity index (χ4n) is 3.26. The second-order valence-electron chi connectivity index (χ2n) is 6.75. The quantitative estimate of drug-likeness (QED) is 0.450. The van der Waals surface area contributed by atoms with Crippen LogP contribution in [0.25, 0.3) is 22.4 Å². The molecule has 138 valence electrons. The molecule has 0 atom stereocenters. The van der Waals surface area contributed by atoms with Gasteiger partial charge in [-0.15, -0.1) is 0 Å². The largest absolute Gasteiger partial charge is 0.384 e. The number of aryl methyl sites for hydroxylation is 2. The van der Waals surface area contributed by atoms with E-state index in [-0.39, 0.29) is 11.7 Å². The molecule has 0 spiro atoms. The van der Waals surface area contributed by atoms with Gasteiger partial charge >= 0.3 is 0 Å². The van der Waals surface area contributed by atoms with Crippen molar-refractivity contribution in [2.24, 2.45) is 5.73 Å². The van der Waals surface area contributed by atoms with Crippen LogP contribution in [0.4, 0.5) is 4.39 Å². The predicted molar refractivity (Wildman–Crippen MR) is 109 cm³/mol. The van der Waals surface area contributed by atoms with Crippen molar-refractivity contribution in [1.29, 1.82) is 5.41 Å². The number of amidine groups is 1. The van der Waals surface area contributed by atoms with Gasteiger partial charge in [-0.3, -0.25) is 10.4 Å². The SMILES string of the molecule is CCCCc1cc(-c2cccnc2-c2ccc(F)c(C)c2)ccc1C(=N)N. The summed E-state index contributed by atoms with van der Waals surface area (Å²) >= 11 is 0. The summed E-state index contributed by atoms with van der Waals surface area (Å²) in [5.41, 5.74) is 11.9. The van der Waals surface area contributed by atoms with Crippen LogP contribution in [0.3, 0.4) is 0 Å². The van der Waals surface area contributed by atoms with E-state index in [1.165, 1.54) is 6.07 Å². The molecule has 0 saturated carbocycles. The molecule has 3 aromatic rings. The Morgan fingerprint density at radius 3 is 2.59 bits per heavy atom. The van der Waals surface area contributed by atoms with Crippen LogP contribution in [0.5, 0.6) is 0 Å². The Labute approximate surface area is 159 Å². The Balaban J connectivity index is 2.11. The van der Waals surface area contributed by atoms with E-state index in [0.717, 1.165) is 52.8 Å². The minimum absolute atomic E-state index is 0.0909. The average molecular weight is 361 g/mol. The summed E-state index contributed by atoms with van der Waals surface area (Å²) in [7, 11) is 0. The van der Waals surface area contributed by atoms with E-state index in [0.29, 0.717) is 5.56 Å². The lowest BCUT2D eigenvalue weighted by molar-refractivity contribution is 0.619. The van der Waals surface area contributed by atoms with Gasteiger partial charge in [0.1, 0.15) is 11.7 Å². The third-order valence-electron chi connectivity index (χ3n) is 4.75. The summed E-state index contributed by atoms with van der Waals surface area (Å²) in [6, 6.07) is 15.0. The highest BCUT2D eigenvalue weighted by Gasteiger charge is 2.13. The number of nitrogens with two attached hydrogens (primary N) is 1. The minimum atomic E-state index is -0.219. The molecule has 0 aliphatic heterocycles. The van der Waals surface area contributed by atoms with Gasteiger partial charge in [-0.05, 0) is 60.7 Å². The molecule has 0 bridgehead atoms. The third kappa shape index (κ3) is 4.05. The summed E-state index contributed by atoms with van der Waals surface area (Å²) in [6.07, 6.45) is 4.75. The summed E-state index contributed by atoms with van der Waals surface area (Å²) in [4.78, 5) is 4.56. The summed E-state index contributed by atoms with van der Waals surface area (Å²) < 4.78 is 13.7. The molecule has 0 aliphatic carbocycles. The second kappa shape index (κ2) is 8.12.